The van der Waals surface area contributed by atoms with Crippen LogP contribution in [0.15, 0.2) is 24.3 Å². The smallest absolute Gasteiger partial charge is 0.306 e. The first-order chi connectivity index (χ1) is 9.60. The van der Waals surface area contributed by atoms with Gasteiger partial charge in [0.15, 0.2) is 0 Å². The van der Waals surface area contributed by atoms with Gasteiger partial charge in [-0.1, -0.05) is 12.1 Å². The summed E-state index contributed by atoms with van der Waals surface area (Å²) in [7, 11) is 0. The minimum atomic E-state index is -0.770. The molecule has 4 N–H and O–H groups in total. The highest BCUT2D eigenvalue weighted by atomic mass is 16.4. The molecule has 0 aromatic heterocycles. The Morgan fingerprint density at radius 2 is 1.95 bits per heavy atom. The Hall–Kier alpha value is -1.88. The molecule has 2 atom stereocenters. The number of carbonyl (C=O) groups excluding carboxylic acids is 1. The van der Waals surface area contributed by atoms with Crippen molar-refractivity contribution in [2.24, 2.45) is 11.7 Å². The van der Waals surface area contributed by atoms with Crippen LogP contribution < -0.4 is 11.1 Å². The van der Waals surface area contributed by atoms with Crippen molar-refractivity contribution in [3.05, 3.63) is 35.4 Å². The topological polar surface area (TPSA) is 92.4 Å². The second-order valence-corrected chi connectivity index (χ2v) is 5.25. The van der Waals surface area contributed by atoms with E-state index in [1.54, 1.807) is 12.1 Å². The van der Waals surface area contributed by atoms with Crippen molar-refractivity contribution in [2.75, 3.05) is 6.54 Å². The Labute approximate surface area is 118 Å². The molecule has 20 heavy (non-hydrogen) atoms. The van der Waals surface area contributed by atoms with Gasteiger partial charge in [-0.15, -0.1) is 0 Å². The highest BCUT2D eigenvalue weighted by Crippen LogP contribution is 2.25. The third-order valence-corrected chi connectivity index (χ3v) is 3.77. The van der Waals surface area contributed by atoms with E-state index >= 15 is 0 Å². The van der Waals surface area contributed by atoms with Gasteiger partial charge in [0.25, 0.3) is 5.91 Å². The quantitative estimate of drug-likeness (QED) is 0.752. The summed E-state index contributed by atoms with van der Waals surface area (Å²) in [6.07, 6.45) is 2.68. The van der Waals surface area contributed by atoms with Gasteiger partial charge in [-0.2, -0.15) is 0 Å². The number of nitrogens with two attached hydrogens (primary N) is 1. The molecule has 1 fully saturated rings. The highest BCUT2D eigenvalue weighted by Gasteiger charge is 2.30. The van der Waals surface area contributed by atoms with Crippen molar-refractivity contribution in [3.63, 3.8) is 0 Å². The Bertz CT molecular complexity index is 484. The molecule has 5 nitrogen and oxygen atoms in total. The minimum Gasteiger partial charge on any atom is -0.481 e. The van der Waals surface area contributed by atoms with Gasteiger partial charge in [-0.3, -0.25) is 9.59 Å². The summed E-state index contributed by atoms with van der Waals surface area (Å²) in [5.41, 5.74) is 7.19. The van der Waals surface area contributed by atoms with E-state index in [4.69, 9.17) is 10.8 Å². The van der Waals surface area contributed by atoms with E-state index in [0.717, 1.165) is 18.4 Å². The molecule has 0 aliphatic heterocycles. The molecule has 1 aliphatic rings. The van der Waals surface area contributed by atoms with Gasteiger partial charge in [-0.05, 0) is 49.9 Å². The lowest BCUT2D eigenvalue weighted by Gasteiger charge is -2.12. The van der Waals surface area contributed by atoms with E-state index < -0.39 is 5.97 Å². The van der Waals surface area contributed by atoms with Crippen molar-refractivity contribution in [1.29, 1.82) is 0 Å². The largest absolute Gasteiger partial charge is 0.481 e. The molecule has 108 valence electrons. The van der Waals surface area contributed by atoms with Crippen LogP contribution in [0.2, 0.25) is 0 Å². The van der Waals surface area contributed by atoms with Crippen LogP contribution in [0.25, 0.3) is 0 Å². The molecular formula is C15H20N2O3. The van der Waals surface area contributed by atoms with Crippen LogP contribution >= 0.6 is 0 Å². The van der Waals surface area contributed by atoms with E-state index in [2.05, 4.69) is 5.32 Å². The number of carboxylic acid groups (broad SMARTS) is 1. The molecule has 0 spiro atoms. The van der Waals surface area contributed by atoms with Gasteiger partial charge in [-0.25, -0.2) is 0 Å². The van der Waals surface area contributed by atoms with Gasteiger partial charge in [0.1, 0.15) is 0 Å². The minimum absolute atomic E-state index is 0.0349. The molecule has 0 bridgehead atoms. The monoisotopic (exact) mass is 276 g/mol. The van der Waals surface area contributed by atoms with Gasteiger partial charge in [0, 0.05) is 11.6 Å². The second kappa shape index (κ2) is 6.52. The van der Waals surface area contributed by atoms with E-state index in [9.17, 15) is 9.59 Å². The molecule has 2 unspecified atom stereocenters. The Balaban J connectivity index is 1.90. The summed E-state index contributed by atoms with van der Waals surface area (Å²) < 4.78 is 0. The van der Waals surface area contributed by atoms with Crippen LogP contribution in [0, 0.1) is 5.92 Å². The molecule has 1 aliphatic carbocycles. The zero-order valence-corrected chi connectivity index (χ0v) is 11.3. The van der Waals surface area contributed by atoms with Gasteiger partial charge in [0.05, 0.1) is 5.92 Å². The summed E-state index contributed by atoms with van der Waals surface area (Å²) in [6, 6.07) is 7.33. The average molecular weight is 276 g/mol. The first-order valence-corrected chi connectivity index (χ1v) is 6.93. The Morgan fingerprint density at radius 3 is 2.50 bits per heavy atom. The molecular weight excluding hydrogens is 256 g/mol. The summed E-state index contributed by atoms with van der Waals surface area (Å²) in [6.45, 7) is 0.587. The number of carboxylic acids is 1. The van der Waals surface area contributed by atoms with E-state index in [1.165, 1.54) is 0 Å². The zero-order chi connectivity index (χ0) is 14.5. The lowest BCUT2D eigenvalue weighted by atomic mass is 10.1. The maximum atomic E-state index is 12.1. The first kappa shape index (κ1) is 14.5. The number of nitrogens with one attached hydrogen (secondary N) is 1. The molecule has 0 saturated heterocycles. The van der Waals surface area contributed by atoms with Gasteiger partial charge < -0.3 is 16.2 Å². The maximum absolute atomic E-state index is 12.1. The van der Waals surface area contributed by atoms with Crippen LogP contribution in [0.3, 0.4) is 0 Å². The van der Waals surface area contributed by atoms with Gasteiger partial charge in [0.2, 0.25) is 0 Å². The van der Waals surface area contributed by atoms with E-state index in [1.807, 2.05) is 12.1 Å². The number of carbonyl (C=O) groups is 2. The first-order valence-electron chi connectivity index (χ1n) is 6.93. The molecule has 5 heteroatoms. The Kier molecular flexibility index (Phi) is 4.74. The van der Waals surface area contributed by atoms with E-state index in [0.29, 0.717) is 24.9 Å². The van der Waals surface area contributed by atoms with Crippen LogP contribution in [-0.4, -0.2) is 29.6 Å². The van der Waals surface area contributed by atoms with Gasteiger partial charge >= 0.3 is 5.97 Å². The van der Waals surface area contributed by atoms with Crippen LogP contribution in [0.5, 0.6) is 0 Å². The van der Waals surface area contributed by atoms with E-state index in [-0.39, 0.29) is 17.9 Å². The predicted octanol–water partition coefficient (Wildman–Crippen LogP) is 1.17. The van der Waals surface area contributed by atoms with Crippen molar-refractivity contribution in [1.82, 2.24) is 5.32 Å². The number of hydrogen-bond acceptors (Lipinski definition) is 3. The molecule has 1 aromatic rings. The fourth-order valence-corrected chi connectivity index (χ4v) is 2.60. The maximum Gasteiger partial charge on any atom is 0.306 e. The molecule has 1 saturated carbocycles. The standard InChI is InChI=1S/C15H20N2O3/c16-8-7-10-1-3-11(4-2-10)14(18)17-13-6-5-12(9-13)15(19)20/h1-4,12-13H,5-9,16H2,(H,17,18)(H,19,20). The summed E-state index contributed by atoms with van der Waals surface area (Å²) in [5.74, 6) is -1.24. The number of rotatable bonds is 5. The number of hydrogen-bond donors (Lipinski definition) is 3. The van der Waals surface area contributed by atoms with Crippen molar-refractivity contribution >= 4 is 11.9 Å². The zero-order valence-electron chi connectivity index (χ0n) is 11.3. The summed E-state index contributed by atoms with van der Waals surface area (Å²) in [4.78, 5) is 22.9. The van der Waals surface area contributed by atoms with Crippen LogP contribution in [0.1, 0.15) is 35.2 Å². The second-order valence-electron chi connectivity index (χ2n) is 5.25. The van der Waals surface area contributed by atoms with Crippen molar-refractivity contribution in [3.8, 4) is 0 Å². The molecule has 2 rings (SSSR count). The summed E-state index contributed by atoms with van der Waals surface area (Å²) in [5, 5.41) is 11.8. The van der Waals surface area contributed by atoms with Crippen molar-refractivity contribution in [2.45, 2.75) is 31.7 Å². The number of aliphatic carboxylic acids is 1. The lowest BCUT2D eigenvalue weighted by Crippen LogP contribution is -2.33. The third kappa shape index (κ3) is 3.57. The summed E-state index contributed by atoms with van der Waals surface area (Å²) >= 11 is 0. The molecule has 0 heterocycles. The third-order valence-electron chi connectivity index (χ3n) is 3.77. The Morgan fingerprint density at radius 1 is 1.25 bits per heavy atom. The fraction of sp³-hybridized carbons (Fsp3) is 0.467. The molecule has 0 radical (unpaired) electrons. The fourth-order valence-electron chi connectivity index (χ4n) is 2.60. The predicted molar refractivity (Wildman–Crippen MR) is 75.4 cm³/mol. The SMILES string of the molecule is NCCc1ccc(C(=O)NC2CCC(C(=O)O)C2)cc1. The number of benzene rings is 1. The average Bonchev–Trinajstić information content (AvgIpc) is 2.88. The normalized spacial score (nSPS) is 21.6. The number of amides is 1. The molecule has 1 amide bonds. The lowest BCUT2D eigenvalue weighted by molar-refractivity contribution is -0.141. The van der Waals surface area contributed by atoms with Crippen molar-refractivity contribution < 1.29 is 14.7 Å². The van der Waals surface area contributed by atoms with Crippen LogP contribution in [-0.2, 0) is 11.2 Å². The highest BCUT2D eigenvalue weighted by molar-refractivity contribution is 5.94. The molecule has 1 aromatic carbocycles. The van der Waals surface area contributed by atoms with Crippen LogP contribution in [0.4, 0.5) is 0 Å².